The van der Waals surface area contributed by atoms with Gasteiger partial charge in [-0.3, -0.25) is 4.79 Å². The third-order valence-corrected chi connectivity index (χ3v) is 2.69. The Morgan fingerprint density at radius 3 is 2.12 bits per heavy atom. The minimum Gasteiger partial charge on any atom is -0.345 e. The maximum absolute atomic E-state index is 11.8. The van der Waals surface area contributed by atoms with Gasteiger partial charge in [0.05, 0.1) is 0 Å². The molecule has 88 valence electrons. The van der Waals surface area contributed by atoms with Crippen LogP contribution in [0.5, 0.6) is 0 Å². The molecule has 2 heteroatoms. The number of amides is 1. The lowest BCUT2D eigenvalue weighted by atomic mass is 9.83. The summed E-state index contributed by atoms with van der Waals surface area (Å²) in [4.78, 5) is 13.4. The topological polar surface area (TPSA) is 20.3 Å². The summed E-state index contributed by atoms with van der Waals surface area (Å²) in [6.07, 6.45) is 0. The van der Waals surface area contributed by atoms with Crippen molar-refractivity contribution in [2.75, 3.05) is 14.1 Å². The Morgan fingerprint density at radius 2 is 1.75 bits per heavy atom. The van der Waals surface area contributed by atoms with Crippen molar-refractivity contribution >= 4 is 5.91 Å². The molecule has 0 atom stereocenters. The summed E-state index contributed by atoms with van der Waals surface area (Å²) >= 11 is 0. The van der Waals surface area contributed by atoms with Crippen LogP contribution in [0.25, 0.3) is 0 Å². The van der Waals surface area contributed by atoms with Gasteiger partial charge in [-0.2, -0.15) is 0 Å². The fourth-order valence-corrected chi connectivity index (χ4v) is 1.90. The van der Waals surface area contributed by atoms with Gasteiger partial charge in [0.2, 0.25) is 0 Å². The highest BCUT2D eigenvalue weighted by molar-refractivity contribution is 5.94. The molecule has 0 fully saturated rings. The minimum atomic E-state index is 0.0589. The third kappa shape index (κ3) is 2.63. The molecular formula is C14H21NO. The first kappa shape index (κ1) is 12.8. The molecule has 0 aromatic heterocycles. The average molecular weight is 219 g/mol. The Kier molecular flexibility index (Phi) is 3.41. The van der Waals surface area contributed by atoms with Crippen LogP contribution in [-0.2, 0) is 5.41 Å². The predicted molar refractivity (Wildman–Crippen MR) is 67.9 cm³/mol. The molecule has 0 radical (unpaired) electrons. The minimum absolute atomic E-state index is 0.0589. The lowest BCUT2D eigenvalue weighted by Gasteiger charge is -2.22. The smallest absolute Gasteiger partial charge is 0.253 e. The number of hydrogen-bond donors (Lipinski definition) is 0. The first-order valence-corrected chi connectivity index (χ1v) is 5.56. The van der Waals surface area contributed by atoms with E-state index in [0.717, 1.165) is 5.56 Å². The van der Waals surface area contributed by atoms with E-state index in [0.29, 0.717) is 0 Å². The monoisotopic (exact) mass is 219 g/mol. The quantitative estimate of drug-likeness (QED) is 0.711. The van der Waals surface area contributed by atoms with Crippen LogP contribution in [-0.4, -0.2) is 24.9 Å². The highest BCUT2D eigenvalue weighted by atomic mass is 16.2. The number of nitrogens with zero attached hydrogens (tertiary/aromatic N) is 1. The molecule has 1 aromatic rings. The zero-order valence-electron chi connectivity index (χ0n) is 11.1. The van der Waals surface area contributed by atoms with Crippen LogP contribution in [0.15, 0.2) is 18.2 Å². The van der Waals surface area contributed by atoms with Gasteiger partial charge in [0.25, 0.3) is 5.91 Å². The van der Waals surface area contributed by atoms with Gasteiger partial charge in [-0.15, -0.1) is 0 Å². The van der Waals surface area contributed by atoms with Gasteiger partial charge in [-0.25, -0.2) is 0 Å². The number of aryl methyl sites for hydroxylation is 1. The molecule has 1 amide bonds. The van der Waals surface area contributed by atoms with Crippen LogP contribution in [0, 0.1) is 6.92 Å². The zero-order valence-corrected chi connectivity index (χ0v) is 11.1. The molecule has 1 aromatic carbocycles. The lowest BCUT2D eigenvalue weighted by molar-refractivity contribution is 0.0827. The van der Waals surface area contributed by atoms with Crippen molar-refractivity contribution in [1.29, 1.82) is 0 Å². The first-order chi connectivity index (χ1) is 7.23. The largest absolute Gasteiger partial charge is 0.345 e. The summed E-state index contributed by atoms with van der Waals surface area (Å²) in [7, 11) is 3.55. The van der Waals surface area contributed by atoms with Crippen molar-refractivity contribution in [2.45, 2.75) is 33.1 Å². The molecule has 0 unspecified atom stereocenters. The van der Waals surface area contributed by atoms with E-state index in [-0.39, 0.29) is 11.3 Å². The van der Waals surface area contributed by atoms with Crippen molar-refractivity contribution in [3.8, 4) is 0 Å². The van der Waals surface area contributed by atoms with E-state index in [1.807, 2.05) is 12.1 Å². The summed E-state index contributed by atoms with van der Waals surface area (Å²) < 4.78 is 0. The first-order valence-electron chi connectivity index (χ1n) is 5.56. The van der Waals surface area contributed by atoms with Crippen LogP contribution < -0.4 is 0 Å². The second-order valence-corrected chi connectivity index (χ2v) is 5.48. The van der Waals surface area contributed by atoms with Gasteiger partial charge in [-0.05, 0) is 35.6 Å². The molecule has 0 aliphatic rings. The van der Waals surface area contributed by atoms with Crippen molar-refractivity contribution in [1.82, 2.24) is 4.90 Å². The van der Waals surface area contributed by atoms with Crippen molar-refractivity contribution in [3.63, 3.8) is 0 Å². The molecule has 0 saturated heterocycles. The van der Waals surface area contributed by atoms with Gasteiger partial charge in [0.1, 0.15) is 0 Å². The average Bonchev–Trinajstić information content (AvgIpc) is 2.14. The van der Waals surface area contributed by atoms with Crippen LogP contribution >= 0.6 is 0 Å². The van der Waals surface area contributed by atoms with Gasteiger partial charge in [-0.1, -0.05) is 26.8 Å². The Bertz CT molecular complexity index is 400. The highest BCUT2D eigenvalue weighted by Crippen LogP contribution is 2.26. The normalized spacial score (nSPS) is 11.4. The molecule has 0 bridgehead atoms. The van der Waals surface area contributed by atoms with E-state index < -0.39 is 0 Å². The number of carbonyl (C=O) groups is 1. The van der Waals surface area contributed by atoms with Gasteiger partial charge in [0, 0.05) is 19.7 Å². The molecule has 0 N–H and O–H groups in total. The SMILES string of the molecule is Cc1cc(C(=O)N(C)C)ccc1C(C)(C)C. The molecule has 0 heterocycles. The summed E-state index contributed by atoms with van der Waals surface area (Å²) in [5.74, 6) is 0.0589. The zero-order chi connectivity index (χ0) is 12.5. The Balaban J connectivity index is 3.15. The van der Waals surface area contributed by atoms with Crippen molar-refractivity contribution in [2.24, 2.45) is 0 Å². The maximum atomic E-state index is 11.8. The molecule has 0 aliphatic heterocycles. The standard InChI is InChI=1S/C14H21NO/c1-10-9-11(13(16)15(5)6)7-8-12(10)14(2,3)4/h7-9H,1-6H3. The molecule has 16 heavy (non-hydrogen) atoms. The van der Waals surface area contributed by atoms with E-state index in [4.69, 9.17) is 0 Å². The van der Waals surface area contributed by atoms with Gasteiger partial charge >= 0.3 is 0 Å². The van der Waals surface area contributed by atoms with Crippen LogP contribution in [0.3, 0.4) is 0 Å². The Hall–Kier alpha value is -1.31. The van der Waals surface area contributed by atoms with Crippen LogP contribution in [0.4, 0.5) is 0 Å². The molecule has 2 nitrogen and oxygen atoms in total. The molecular weight excluding hydrogens is 198 g/mol. The van der Waals surface area contributed by atoms with Crippen LogP contribution in [0.1, 0.15) is 42.3 Å². The summed E-state index contributed by atoms with van der Waals surface area (Å²) in [6.45, 7) is 8.61. The fourth-order valence-electron chi connectivity index (χ4n) is 1.90. The molecule has 0 saturated carbocycles. The Morgan fingerprint density at radius 1 is 1.19 bits per heavy atom. The van der Waals surface area contributed by atoms with Crippen molar-refractivity contribution in [3.05, 3.63) is 34.9 Å². The number of benzene rings is 1. The number of rotatable bonds is 1. The second kappa shape index (κ2) is 4.28. The van der Waals surface area contributed by atoms with E-state index in [1.165, 1.54) is 11.1 Å². The number of carbonyl (C=O) groups excluding carboxylic acids is 1. The van der Waals surface area contributed by atoms with Gasteiger partial charge in [0.15, 0.2) is 0 Å². The maximum Gasteiger partial charge on any atom is 0.253 e. The van der Waals surface area contributed by atoms with Gasteiger partial charge < -0.3 is 4.90 Å². The third-order valence-electron chi connectivity index (χ3n) is 2.69. The van der Waals surface area contributed by atoms with Crippen LogP contribution in [0.2, 0.25) is 0 Å². The summed E-state index contributed by atoms with van der Waals surface area (Å²) in [6, 6.07) is 5.95. The van der Waals surface area contributed by atoms with E-state index in [1.54, 1.807) is 19.0 Å². The fraction of sp³-hybridized carbons (Fsp3) is 0.500. The molecule has 0 spiro atoms. The van der Waals surface area contributed by atoms with E-state index in [2.05, 4.69) is 33.8 Å². The summed E-state index contributed by atoms with van der Waals surface area (Å²) in [5.41, 5.74) is 3.36. The Labute approximate surface area is 98.3 Å². The second-order valence-electron chi connectivity index (χ2n) is 5.48. The van der Waals surface area contributed by atoms with E-state index >= 15 is 0 Å². The molecule has 0 aliphatic carbocycles. The summed E-state index contributed by atoms with van der Waals surface area (Å²) in [5, 5.41) is 0. The highest BCUT2D eigenvalue weighted by Gasteiger charge is 2.17. The molecule has 1 rings (SSSR count). The van der Waals surface area contributed by atoms with Crippen molar-refractivity contribution < 1.29 is 4.79 Å². The number of hydrogen-bond acceptors (Lipinski definition) is 1. The predicted octanol–water partition coefficient (Wildman–Crippen LogP) is 2.99. The van der Waals surface area contributed by atoms with E-state index in [9.17, 15) is 4.79 Å². The lowest BCUT2D eigenvalue weighted by Crippen LogP contribution is -2.22.